The fourth-order valence-corrected chi connectivity index (χ4v) is 3.11. The van der Waals surface area contributed by atoms with Crippen molar-refractivity contribution in [1.82, 2.24) is 14.8 Å². The zero-order valence-electron chi connectivity index (χ0n) is 17.8. The van der Waals surface area contributed by atoms with Gasteiger partial charge < -0.3 is 19.0 Å². The number of aromatic nitrogens is 1. The van der Waals surface area contributed by atoms with Gasteiger partial charge in [0, 0.05) is 52.1 Å². The summed E-state index contributed by atoms with van der Waals surface area (Å²) >= 11 is 0. The predicted molar refractivity (Wildman–Crippen MR) is 110 cm³/mol. The number of methoxy groups -OCH3 is 1. The van der Waals surface area contributed by atoms with E-state index in [0.717, 1.165) is 5.56 Å². The highest BCUT2D eigenvalue weighted by molar-refractivity contribution is 5.95. The third kappa shape index (κ3) is 6.71. The van der Waals surface area contributed by atoms with E-state index in [2.05, 4.69) is 11.1 Å². The molecule has 0 atom stereocenters. The van der Waals surface area contributed by atoms with E-state index in [9.17, 15) is 9.59 Å². The maximum atomic E-state index is 13.0. The zero-order valence-corrected chi connectivity index (χ0v) is 17.8. The largest absolute Gasteiger partial charge is 0.466 e. The topological polar surface area (TPSA) is 99.7 Å². The molecule has 2 amide bonds. The summed E-state index contributed by atoms with van der Waals surface area (Å²) in [6.07, 6.45) is 3.76. The second-order valence-electron chi connectivity index (χ2n) is 6.95. The minimum atomic E-state index is -0.190. The van der Waals surface area contributed by atoms with Crippen LogP contribution in [0.4, 0.5) is 0 Å². The Labute approximate surface area is 177 Å². The van der Waals surface area contributed by atoms with Gasteiger partial charge in [-0.2, -0.15) is 5.26 Å². The fraction of sp³-hybridized carbons (Fsp3) is 0.455. The summed E-state index contributed by atoms with van der Waals surface area (Å²) in [5, 5.41) is 8.93. The lowest BCUT2D eigenvalue weighted by Crippen LogP contribution is -2.39. The molecule has 30 heavy (non-hydrogen) atoms. The predicted octanol–water partition coefficient (Wildman–Crippen LogP) is 2.71. The van der Waals surface area contributed by atoms with Crippen molar-refractivity contribution in [1.29, 1.82) is 5.26 Å². The molecule has 0 radical (unpaired) electrons. The Hall–Kier alpha value is -3.18. The normalized spacial score (nSPS) is 10.5. The number of carbonyl (C=O) groups excluding carboxylic acids is 2. The molecule has 8 nitrogen and oxygen atoms in total. The molecule has 2 heterocycles. The smallest absolute Gasteiger partial charge is 0.257 e. The monoisotopic (exact) mass is 412 g/mol. The highest BCUT2D eigenvalue weighted by Gasteiger charge is 2.22. The van der Waals surface area contributed by atoms with E-state index in [4.69, 9.17) is 14.4 Å². The minimum absolute atomic E-state index is 0.121. The van der Waals surface area contributed by atoms with Gasteiger partial charge in [-0.15, -0.1) is 0 Å². The molecule has 0 bridgehead atoms. The summed E-state index contributed by atoms with van der Waals surface area (Å²) in [7, 11) is 1.57. The van der Waals surface area contributed by atoms with Gasteiger partial charge >= 0.3 is 0 Å². The van der Waals surface area contributed by atoms with Crippen LogP contribution in [0.25, 0.3) is 0 Å². The zero-order chi connectivity index (χ0) is 21.9. The van der Waals surface area contributed by atoms with Crippen molar-refractivity contribution in [2.75, 3.05) is 33.4 Å². The number of aryl methyl sites for hydroxylation is 2. The van der Waals surface area contributed by atoms with Crippen LogP contribution in [-0.2, 0) is 16.1 Å². The molecule has 2 aromatic heterocycles. The molecule has 0 saturated carbocycles. The molecule has 0 aliphatic rings. The molecular formula is C22H28N4O4. The second-order valence-corrected chi connectivity index (χ2v) is 6.95. The van der Waals surface area contributed by atoms with Gasteiger partial charge in [-0.1, -0.05) is 6.07 Å². The van der Waals surface area contributed by atoms with E-state index in [1.807, 2.05) is 12.1 Å². The van der Waals surface area contributed by atoms with Crippen LogP contribution in [0.5, 0.6) is 0 Å². The van der Waals surface area contributed by atoms with E-state index in [0.29, 0.717) is 43.3 Å². The van der Waals surface area contributed by atoms with Gasteiger partial charge in [-0.25, -0.2) is 0 Å². The van der Waals surface area contributed by atoms with Crippen LogP contribution >= 0.6 is 0 Å². The van der Waals surface area contributed by atoms with Crippen LogP contribution in [0.15, 0.2) is 35.0 Å². The molecule has 0 N–H and O–H groups in total. The van der Waals surface area contributed by atoms with Crippen LogP contribution in [0.3, 0.4) is 0 Å². The third-order valence-electron chi connectivity index (χ3n) is 4.66. The van der Waals surface area contributed by atoms with Gasteiger partial charge in [0.25, 0.3) is 5.91 Å². The molecule has 0 aromatic carbocycles. The van der Waals surface area contributed by atoms with Crippen molar-refractivity contribution in [3.63, 3.8) is 0 Å². The lowest BCUT2D eigenvalue weighted by Gasteiger charge is -2.25. The van der Waals surface area contributed by atoms with Crippen molar-refractivity contribution in [2.24, 2.45) is 0 Å². The van der Waals surface area contributed by atoms with Crippen LogP contribution in [0.2, 0.25) is 0 Å². The van der Waals surface area contributed by atoms with Crippen molar-refractivity contribution >= 4 is 11.8 Å². The van der Waals surface area contributed by atoms with E-state index in [1.165, 1.54) is 0 Å². The summed E-state index contributed by atoms with van der Waals surface area (Å²) < 4.78 is 10.6. The van der Waals surface area contributed by atoms with Gasteiger partial charge in [-0.05, 0) is 31.5 Å². The molecule has 0 aliphatic carbocycles. The van der Waals surface area contributed by atoms with Crippen LogP contribution in [-0.4, -0.2) is 59.9 Å². The van der Waals surface area contributed by atoms with E-state index in [1.54, 1.807) is 49.2 Å². The highest BCUT2D eigenvalue weighted by atomic mass is 16.5. The number of ether oxygens (including phenoxy) is 1. The molecule has 8 heteroatoms. The minimum Gasteiger partial charge on any atom is -0.466 e. The Morgan fingerprint density at radius 3 is 2.63 bits per heavy atom. The first-order valence-corrected chi connectivity index (χ1v) is 9.85. The lowest BCUT2D eigenvalue weighted by atomic mass is 10.2. The van der Waals surface area contributed by atoms with Crippen molar-refractivity contribution < 1.29 is 18.7 Å². The second kappa shape index (κ2) is 11.7. The SMILES string of the molecule is COCCN(CCC(=O)N(CCC#N)Cc1cccnc1)C(=O)c1cc(C)oc1C. The highest BCUT2D eigenvalue weighted by Crippen LogP contribution is 2.16. The first-order valence-electron chi connectivity index (χ1n) is 9.85. The van der Waals surface area contributed by atoms with Crippen molar-refractivity contribution in [2.45, 2.75) is 33.2 Å². The summed E-state index contributed by atoms with van der Waals surface area (Å²) in [5.74, 6) is 0.908. The fourth-order valence-electron chi connectivity index (χ4n) is 3.11. The third-order valence-corrected chi connectivity index (χ3v) is 4.66. The number of hydrogen-bond donors (Lipinski definition) is 0. The molecule has 0 aliphatic heterocycles. The van der Waals surface area contributed by atoms with Crippen LogP contribution in [0.1, 0.15) is 40.3 Å². The number of hydrogen-bond acceptors (Lipinski definition) is 6. The molecule has 0 saturated heterocycles. The summed E-state index contributed by atoms with van der Waals surface area (Å²) in [6.45, 7) is 5.23. The summed E-state index contributed by atoms with van der Waals surface area (Å²) in [6, 6.07) is 7.48. The average molecular weight is 412 g/mol. The Balaban J connectivity index is 2.06. The number of furan rings is 1. The molecule has 0 spiro atoms. The van der Waals surface area contributed by atoms with Gasteiger partial charge in [0.15, 0.2) is 0 Å². The number of pyridine rings is 1. The molecule has 0 unspecified atom stereocenters. The number of rotatable bonds is 11. The van der Waals surface area contributed by atoms with Gasteiger partial charge in [0.05, 0.1) is 24.7 Å². The lowest BCUT2D eigenvalue weighted by molar-refractivity contribution is -0.132. The first kappa shape index (κ1) is 23.1. The Morgan fingerprint density at radius 1 is 1.23 bits per heavy atom. The molecule has 0 fully saturated rings. The van der Waals surface area contributed by atoms with Gasteiger partial charge in [-0.3, -0.25) is 14.6 Å². The Morgan fingerprint density at radius 2 is 2.03 bits per heavy atom. The quantitative estimate of drug-likeness (QED) is 0.563. The molecule has 2 rings (SSSR count). The van der Waals surface area contributed by atoms with E-state index < -0.39 is 0 Å². The number of nitrogens with zero attached hydrogens (tertiary/aromatic N) is 4. The maximum absolute atomic E-state index is 13.0. The summed E-state index contributed by atoms with van der Waals surface area (Å²) in [5.41, 5.74) is 1.38. The number of nitriles is 1. The van der Waals surface area contributed by atoms with Crippen molar-refractivity contribution in [3.05, 3.63) is 53.2 Å². The number of amides is 2. The Bertz CT molecular complexity index is 873. The Kier molecular flexibility index (Phi) is 9.03. The van der Waals surface area contributed by atoms with Gasteiger partial charge in [0.2, 0.25) is 5.91 Å². The van der Waals surface area contributed by atoms with Crippen molar-refractivity contribution in [3.8, 4) is 6.07 Å². The van der Waals surface area contributed by atoms with Gasteiger partial charge in [0.1, 0.15) is 11.5 Å². The maximum Gasteiger partial charge on any atom is 0.257 e. The molecule has 160 valence electrons. The first-order chi connectivity index (χ1) is 14.5. The molecular weight excluding hydrogens is 384 g/mol. The molecule has 2 aromatic rings. The van der Waals surface area contributed by atoms with E-state index >= 15 is 0 Å². The van der Waals surface area contributed by atoms with E-state index in [-0.39, 0.29) is 31.2 Å². The van der Waals surface area contributed by atoms with Crippen LogP contribution < -0.4 is 0 Å². The standard InChI is InChI=1S/C22H28N4O4/c1-17-14-20(18(2)30-17)22(28)25(12-13-29-3)11-7-21(27)26(10-5-8-23)16-19-6-4-9-24-15-19/h4,6,9,14-15H,5,7,10-13,16H2,1-3H3. The van der Waals surface area contributed by atoms with Crippen LogP contribution in [0, 0.1) is 25.2 Å². The summed E-state index contributed by atoms with van der Waals surface area (Å²) in [4.78, 5) is 33.1. The number of carbonyl (C=O) groups is 2. The average Bonchev–Trinajstić information content (AvgIpc) is 3.09.